The molecule has 6 nitrogen and oxygen atoms in total. The highest BCUT2D eigenvalue weighted by atomic mass is 16.2. The lowest BCUT2D eigenvalue weighted by molar-refractivity contribution is -0.123. The molecule has 0 radical (unpaired) electrons. The summed E-state index contributed by atoms with van der Waals surface area (Å²) in [5, 5.41) is 10.4. The number of nitrogens with one attached hydrogen (secondary N) is 2. The molecule has 1 aromatic heterocycles. The molecule has 1 fully saturated rings. The summed E-state index contributed by atoms with van der Waals surface area (Å²) < 4.78 is 1.90. The van der Waals surface area contributed by atoms with Gasteiger partial charge in [-0.3, -0.25) is 9.59 Å². The lowest BCUT2D eigenvalue weighted by atomic mass is 10.0. The lowest BCUT2D eigenvalue weighted by Gasteiger charge is -2.10. The van der Waals surface area contributed by atoms with Gasteiger partial charge in [0.25, 0.3) is 0 Å². The Labute approximate surface area is 189 Å². The molecule has 0 aliphatic carbocycles. The number of aryl methyl sites for hydroxylation is 2. The minimum absolute atomic E-state index is 0.0863. The van der Waals surface area contributed by atoms with E-state index in [2.05, 4.69) is 60.9 Å². The van der Waals surface area contributed by atoms with E-state index in [9.17, 15) is 9.59 Å². The average molecular weight is 431 g/mol. The molecule has 32 heavy (non-hydrogen) atoms. The zero-order valence-electron chi connectivity index (χ0n) is 18.7. The van der Waals surface area contributed by atoms with E-state index in [0.717, 1.165) is 42.6 Å². The van der Waals surface area contributed by atoms with Gasteiger partial charge in [0.05, 0.1) is 17.3 Å². The third-order valence-electron chi connectivity index (χ3n) is 5.76. The van der Waals surface area contributed by atoms with Crippen molar-refractivity contribution in [2.45, 2.75) is 46.0 Å². The first-order valence-corrected chi connectivity index (χ1v) is 11.4. The van der Waals surface area contributed by atoms with E-state index >= 15 is 0 Å². The van der Waals surface area contributed by atoms with Crippen molar-refractivity contribution in [1.82, 2.24) is 15.1 Å². The van der Waals surface area contributed by atoms with Crippen LogP contribution in [0.25, 0.3) is 16.9 Å². The Bertz CT molecular complexity index is 1050. The van der Waals surface area contributed by atoms with Crippen LogP contribution in [-0.2, 0) is 22.4 Å². The van der Waals surface area contributed by atoms with E-state index in [1.807, 2.05) is 22.9 Å². The molecular formula is C26H30N4O2. The summed E-state index contributed by atoms with van der Waals surface area (Å²) in [4.78, 5) is 24.2. The molecule has 2 N–H and O–H groups in total. The fourth-order valence-electron chi connectivity index (χ4n) is 4.17. The van der Waals surface area contributed by atoms with Crippen molar-refractivity contribution in [2.75, 3.05) is 11.9 Å². The molecule has 4 rings (SSSR count). The molecule has 2 amide bonds. The first kappa shape index (κ1) is 21.8. The van der Waals surface area contributed by atoms with Gasteiger partial charge in [-0.15, -0.1) is 5.10 Å². The lowest BCUT2D eigenvalue weighted by Crippen LogP contribution is -2.24. The summed E-state index contributed by atoms with van der Waals surface area (Å²) >= 11 is 0. The average Bonchev–Trinajstić information content (AvgIpc) is 3.41. The number of carbonyl (C=O) groups excluding carboxylic acids is 2. The van der Waals surface area contributed by atoms with Crippen molar-refractivity contribution in [3.8, 4) is 16.9 Å². The Morgan fingerprint density at radius 1 is 1.06 bits per heavy atom. The smallest absolute Gasteiger partial charge is 0.230 e. The van der Waals surface area contributed by atoms with Crippen LogP contribution in [0.4, 0.5) is 5.82 Å². The van der Waals surface area contributed by atoms with Gasteiger partial charge in [-0.1, -0.05) is 57.0 Å². The van der Waals surface area contributed by atoms with Crippen molar-refractivity contribution in [3.05, 3.63) is 65.7 Å². The molecule has 0 bridgehead atoms. The summed E-state index contributed by atoms with van der Waals surface area (Å²) in [6.45, 7) is 4.71. The van der Waals surface area contributed by atoms with Gasteiger partial charge in [0.2, 0.25) is 11.8 Å². The number of hydrogen-bond acceptors (Lipinski definition) is 3. The van der Waals surface area contributed by atoms with Gasteiger partial charge in [0, 0.05) is 24.6 Å². The van der Waals surface area contributed by atoms with E-state index in [-0.39, 0.29) is 24.2 Å². The molecule has 0 spiro atoms. The standard InChI is InChI=1S/C26H30N4O2/c1-3-7-18-9-5-11-20(13-18)23-16-24(28-26(32)21-15-25(31)27-17-21)29-30(23)22-12-6-10-19(14-22)8-4-2/h5-6,9-14,16,21H,3-4,7-8,15,17H2,1-2H3,(H,27,31)(H,28,29,32)/t21-/m0/s1. The molecule has 1 saturated heterocycles. The maximum atomic E-state index is 12.7. The summed E-state index contributed by atoms with van der Waals surface area (Å²) in [5.74, 6) is -0.140. The summed E-state index contributed by atoms with van der Waals surface area (Å²) in [7, 11) is 0. The number of amides is 2. The van der Waals surface area contributed by atoms with Gasteiger partial charge in [-0.25, -0.2) is 4.68 Å². The number of carbonyl (C=O) groups is 2. The molecule has 6 heteroatoms. The largest absolute Gasteiger partial charge is 0.355 e. The van der Waals surface area contributed by atoms with E-state index in [1.54, 1.807) is 0 Å². The number of benzene rings is 2. The third kappa shape index (κ3) is 4.90. The van der Waals surface area contributed by atoms with E-state index < -0.39 is 0 Å². The molecule has 2 heterocycles. The number of nitrogens with zero attached hydrogens (tertiary/aromatic N) is 2. The molecule has 0 unspecified atom stereocenters. The van der Waals surface area contributed by atoms with Crippen LogP contribution in [-0.4, -0.2) is 28.1 Å². The van der Waals surface area contributed by atoms with Crippen LogP contribution >= 0.6 is 0 Å². The zero-order valence-corrected chi connectivity index (χ0v) is 18.7. The van der Waals surface area contributed by atoms with Crippen molar-refractivity contribution >= 4 is 17.6 Å². The highest BCUT2D eigenvalue weighted by Gasteiger charge is 2.28. The zero-order chi connectivity index (χ0) is 22.5. The van der Waals surface area contributed by atoms with Gasteiger partial charge in [0.1, 0.15) is 0 Å². The predicted octanol–water partition coefficient (Wildman–Crippen LogP) is 4.52. The SMILES string of the molecule is CCCc1cccc(-c2cc(NC(=O)[C@@H]3CNC(=O)C3)nn2-c2cccc(CCC)c2)c1. The van der Waals surface area contributed by atoms with E-state index in [1.165, 1.54) is 11.1 Å². The molecule has 3 aromatic rings. The minimum atomic E-state index is -0.364. The number of hydrogen-bond donors (Lipinski definition) is 2. The topological polar surface area (TPSA) is 76.0 Å². The summed E-state index contributed by atoms with van der Waals surface area (Å²) in [6.07, 6.45) is 4.39. The molecule has 166 valence electrons. The Balaban J connectivity index is 1.71. The predicted molar refractivity (Wildman–Crippen MR) is 127 cm³/mol. The van der Waals surface area contributed by atoms with Crippen LogP contribution in [0.5, 0.6) is 0 Å². The van der Waals surface area contributed by atoms with Crippen molar-refractivity contribution in [1.29, 1.82) is 0 Å². The maximum Gasteiger partial charge on any atom is 0.230 e. The van der Waals surface area contributed by atoms with Crippen molar-refractivity contribution in [3.63, 3.8) is 0 Å². The fraction of sp³-hybridized carbons (Fsp3) is 0.346. The molecule has 1 atom stereocenters. The van der Waals surface area contributed by atoms with Gasteiger partial charge >= 0.3 is 0 Å². The van der Waals surface area contributed by atoms with Gasteiger partial charge in [-0.2, -0.15) is 0 Å². The van der Waals surface area contributed by atoms with E-state index in [0.29, 0.717) is 12.4 Å². The fourth-order valence-corrected chi connectivity index (χ4v) is 4.17. The van der Waals surface area contributed by atoms with Crippen LogP contribution in [0.3, 0.4) is 0 Å². The van der Waals surface area contributed by atoms with Gasteiger partial charge in [-0.05, 0) is 42.2 Å². The van der Waals surface area contributed by atoms with Gasteiger partial charge in [0.15, 0.2) is 5.82 Å². The first-order valence-electron chi connectivity index (χ1n) is 11.4. The van der Waals surface area contributed by atoms with Crippen LogP contribution in [0.2, 0.25) is 0 Å². The number of aromatic nitrogens is 2. The maximum absolute atomic E-state index is 12.7. The van der Waals surface area contributed by atoms with Gasteiger partial charge < -0.3 is 10.6 Å². The van der Waals surface area contributed by atoms with E-state index in [4.69, 9.17) is 5.10 Å². The highest BCUT2D eigenvalue weighted by Crippen LogP contribution is 2.28. The summed E-state index contributed by atoms with van der Waals surface area (Å²) in [6, 6.07) is 18.8. The highest BCUT2D eigenvalue weighted by molar-refractivity contribution is 5.97. The Morgan fingerprint density at radius 2 is 1.78 bits per heavy atom. The minimum Gasteiger partial charge on any atom is -0.355 e. The first-order chi connectivity index (χ1) is 15.6. The molecular weight excluding hydrogens is 400 g/mol. The molecule has 1 aliphatic heterocycles. The van der Waals surface area contributed by atoms with Crippen molar-refractivity contribution < 1.29 is 9.59 Å². The second-order valence-electron chi connectivity index (χ2n) is 8.39. The Morgan fingerprint density at radius 3 is 2.47 bits per heavy atom. The number of anilines is 1. The third-order valence-corrected chi connectivity index (χ3v) is 5.76. The van der Waals surface area contributed by atoms with Crippen LogP contribution in [0, 0.1) is 5.92 Å². The quantitative estimate of drug-likeness (QED) is 0.552. The van der Waals surface area contributed by atoms with Crippen molar-refractivity contribution in [2.24, 2.45) is 5.92 Å². The van der Waals surface area contributed by atoms with Crippen LogP contribution < -0.4 is 10.6 Å². The Hall–Kier alpha value is -3.41. The van der Waals surface area contributed by atoms with Crippen LogP contribution in [0.1, 0.15) is 44.2 Å². The second kappa shape index (κ2) is 9.81. The molecule has 1 aliphatic rings. The normalized spacial score (nSPS) is 15.6. The number of rotatable bonds is 8. The molecule has 0 saturated carbocycles. The molecule has 2 aromatic carbocycles. The summed E-state index contributed by atoms with van der Waals surface area (Å²) in [5.41, 5.74) is 5.48. The monoisotopic (exact) mass is 430 g/mol. The van der Waals surface area contributed by atoms with Crippen LogP contribution in [0.15, 0.2) is 54.6 Å². The Kier molecular flexibility index (Phi) is 6.69. The second-order valence-corrected chi connectivity index (χ2v) is 8.39.